The summed E-state index contributed by atoms with van der Waals surface area (Å²) >= 11 is 1.24. The standard InChI is InChI=1S/C13H13FN4OS/c14-8-4-1-2-5-9(8)16-11(19)13-18-17-12(20-13)10-6-3-7-15-10/h1-2,4-5,10,15H,3,6-7H2,(H,16,19)/t10-/m1/s1. The molecule has 1 aliphatic heterocycles. The maximum Gasteiger partial charge on any atom is 0.286 e. The van der Waals surface area contributed by atoms with Crippen molar-refractivity contribution in [3.63, 3.8) is 0 Å². The lowest BCUT2D eigenvalue weighted by Crippen LogP contribution is -2.12. The molecule has 3 rings (SSSR count). The molecule has 1 saturated heterocycles. The number of para-hydroxylation sites is 1. The summed E-state index contributed by atoms with van der Waals surface area (Å²) in [6, 6.07) is 6.21. The Morgan fingerprint density at radius 2 is 2.25 bits per heavy atom. The minimum absolute atomic E-state index is 0.147. The molecule has 104 valence electrons. The van der Waals surface area contributed by atoms with Crippen molar-refractivity contribution in [1.29, 1.82) is 0 Å². The van der Waals surface area contributed by atoms with E-state index >= 15 is 0 Å². The third-order valence-electron chi connectivity index (χ3n) is 3.12. The molecule has 1 fully saturated rings. The Morgan fingerprint density at radius 1 is 1.40 bits per heavy atom. The van der Waals surface area contributed by atoms with E-state index in [9.17, 15) is 9.18 Å². The molecule has 1 atom stereocenters. The Hall–Kier alpha value is -1.86. The van der Waals surface area contributed by atoms with Gasteiger partial charge in [0.2, 0.25) is 5.01 Å². The van der Waals surface area contributed by atoms with E-state index in [4.69, 9.17) is 0 Å². The summed E-state index contributed by atoms with van der Waals surface area (Å²) in [5.41, 5.74) is 0.147. The molecule has 1 amide bonds. The van der Waals surface area contributed by atoms with Crippen LogP contribution in [0.1, 0.15) is 33.7 Å². The second-order valence-electron chi connectivity index (χ2n) is 4.53. The van der Waals surface area contributed by atoms with E-state index in [2.05, 4.69) is 20.8 Å². The molecule has 2 heterocycles. The molecular formula is C13H13FN4OS. The van der Waals surface area contributed by atoms with Gasteiger partial charge in [-0.05, 0) is 31.5 Å². The van der Waals surface area contributed by atoms with Crippen molar-refractivity contribution in [2.45, 2.75) is 18.9 Å². The maximum absolute atomic E-state index is 13.5. The van der Waals surface area contributed by atoms with Crippen LogP contribution in [0.2, 0.25) is 0 Å². The Bertz CT molecular complexity index is 624. The molecule has 7 heteroatoms. The summed E-state index contributed by atoms with van der Waals surface area (Å²) in [6.07, 6.45) is 2.10. The Balaban J connectivity index is 1.73. The first-order chi connectivity index (χ1) is 9.74. The van der Waals surface area contributed by atoms with Gasteiger partial charge in [-0.1, -0.05) is 23.5 Å². The van der Waals surface area contributed by atoms with Crippen molar-refractivity contribution >= 4 is 22.9 Å². The van der Waals surface area contributed by atoms with Crippen LogP contribution in [0, 0.1) is 5.82 Å². The minimum Gasteiger partial charge on any atom is -0.317 e. The third kappa shape index (κ3) is 2.68. The van der Waals surface area contributed by atoms with Crippen LogP contribution in [0.15, 0.2) is 24.3 Å². The van der Waals surface area contributed by atoms with Gasteiger partial charge in [-0.25, -0.2) is 4.39 Å². The third-order valence-corrected chi connectivity index (χ3v) is 4.15. The number of halogens is 1. The van der Waals surface area contributed by atoms with Crippen molar-refractivity contribution in [2.75, 3.05) is 11.9 Å². The first-order valence-electron chi connectivity index (χ1n) is 6.37. The van der Waals surface area contributed by atoms with Gasteiger partial charge >= 0.3 is 0 Å². The monoisotopic (exact) mass is 292 g/mol. The fourth-order valence-electron chi connectivity index (χ4n) is 2.10. The SMILES string of the molecule is O=C(Nc1ccccc1F)c1nnc([C@H]2CCCN2)s1. The lowest BCUT2D eigenvalue weighted by molar-refractivity contribution is 0.102. The summed E-state index contributed by atoms with van der Waals surface area (Å²) in [6.45, 7) is 0.959. The molecular weight excluding hydrogens is 279 g/mol. The van der Waals surface area contributed by atoms with Gasteiger partial charge in [0, 0.05) is 0 Å². The zero-order chi connectivity index (χ0) is 13.9. The highest BCUT2D eigenvalue weighted by atomic mass is 32.1. The van der Waals surface area contributed by atoms with Gasteiger partial charge < -0.3 is 10.6 Å². The predicted molar refractivity (Wildman–Crippen MR) is 74.2 cm³/mol. The zero-order valence-electron chi connectivity index (χ0n) is 10.6. The van der Waals surface area contributed by atoms with E-state index in [0.717, 1.165) is 24.4 Å². The molecule has 0 unspecified atom stereocenters. The van der Waals surface area contributed by atoms with Crippen molar-refractivity contribution in [3.8, 4) is 0 Å². The fourth-order valence-corrected chi connectivity index (χ4v) is 2.95. The number of aromatic nitrogens is 2. The van der Waals surface area contributed by atoms with Crippen molar-refractivity contribution in [3.05, 3.63) is 40.1 Å². The molecule has 0 saturated carbocycles. The lowest BCUT2D eigenvalue weighted by Gasteiger charge is -2.04. The minimum atomic E-state index is -0.469. The van der Waals surface area contributed by atoms with E-state index in [1.54, 1.807) is 12.1 Å². The number of carbonyl (C=O) groups is 1. The van der Waals surface area contributed by atoms with Crippen LogP contribution in [0.3, 0.4) is 0 Å². The molecule has 0 radical (unpaired) electrons. The smallest absolute Gasteiger partial charge is 0.286 e. The van der Waals surface area contributed by atoms with Crippen LogP contribution in [-0.2, 0) is 0 Å². The number of carbonyl (C=O) groups excluding carboxylic acids is 1. The number of anilines is 1. The van der Waals surface area contributed by atoms with Crippen LogP contribution >= 0.6 is 11.3 Å². The quantitative estimate of drug-likeness (QED) is 0.911. The van der Waals surface area contributed by atoms with Crippen molar-refractivity contribution in [1.82, 2.24) is 15.5 Å². The lowest BCUT2D eigenvalue weighted by atomic mass is 10.2. The van der Waals surface area contributed by atoms with E-state index in [0.29, 0.717) is 0 Å². The normalized spacial score (nSPS) is 18.1. The van der Waals surface area contributed by atoms with E-state index in [1.165, 1.54) is 23.5 Å². The van der Waals surface area contributed by atoms with Gasteiger partial charge in [0.1, 0.15) is 10.8 Å². The van der Waals surface area contributed by atoms with Crippen LogP contribution in [0.5, 0.6) is 0 Å². The first kappa shape index (κ1) is 13.1. The molecule has 0 bridgehead atoms. The second kappa shape index (κ2) is 5.64. The van der Waals surface area contributed by atoms with Gasteiger partial charge in [0.05, 0.1) is 11.7 Å². The van der Waals surface area contributed by atoms with E-state index < -0.39 is 11.7 Å². The van der Waals surface area contributed by atoms with Gasteiger partial charge in [0.25, 0.3) is 5.91 Å². The summed E-state index contributed by atoms with van der Waals surface area (Å²) in [4.78, 5) is 12.0. The summed E-state index contributed by atoms with van der Waals surface area (Å²) in [7, 11) is 0. The van der Waals surface area contributed by atoms with Crippen molar-refractivity contribution < 1.29 is 9.18 Å². The molecule has 2 aromatic rings. The van der Waals surface area contributed by atoms with E-state index in [-0.39, 0.29) is 16.7 Å². The largest absolute Gasteiger partial charge is 0.317 e. The number of benzene rings is 1. The highest BCUT2D eigenvalue weighted by molar-refractivity contribution is 7.13. The maximum atomic E-state index is 13.5. The topological polar surface area (TPSA) is 66.9 Å². The second-order valence-corrected chi connectivity index (χ2v) is 5.54. The van der Waals surface area contributed by atoms with Gasteiger partial charge in [-0.3, -0.25) is 4.79 Å². The zero-order valence-corrected chi connectivity index (χ0v) is 11.4. The average molecular weight is 292 g/mol. The molecule has 1 aromatic carbocycles. The highest BCUT2D eigenvalue weighted by Crippen LogP contribution is 2.26. The number of amides is 1. The van der Waals surface area contributed by atoms with Crippen LogP contribution in [0.4, 0.5) is 10.1 Å². The molecule has 20 heavy (non-hydrogen) atoms. The predicted octanol–water partition coefficient (Wildman–Crippen LogP) is 2.35. The molecule has 0 spiro atoms. The van der Waals surface area contributed by atoms with E-state index in [1.807, 2.05) is 0 Å². The van der Waals surface area contributed by atoms with Gasteiger partial charge in [0.15, 0.2) is 0 Å². The number of hydrogen-bond acceptors (Lipinski definition) is 5. The molecule has 1 aromatic heterocycles. The van der Waals surface area contributed by atoms with Crippen LogP contribution in [0.25, 0.3) is 0 Å². The molecule has 2 N–H and O–H groups in total. The van der Waals surface area contributed by atoms with Crippen molar-refractivity contribution in [2.24, 2.45) is 0 Å². The number of rotatable bonds is 3. The molecule has 1 aliphatic rings. The summed E-state index contributed by atoms with van der Waals surface area (Å²) in [5.74, 6) is -0.903. The molecule has 0 aliphatic carbocycles. The number of nitrogens with zero attached hydrogens (tertiary/aromatic N) is 2. The number of hydrogen-bond donors (Lipinski definition) is 2. The summed E-state index contributed by atoms with van der Waals surface area (Å²) in [5, 5.41) is 14.8. The van der Waals surface area contributed by atoms with Crippen LogP contribution < -0.4 is 10.6 Å². The average Bonchev–Trinajstić information content (AvgIpc) is 3.11. The summed E-state index contributed by atoms with van der Waals surface area (Å²) < 4.78 is 13.5. The Morgan fingerprint density at radius 3 is 3.00 bits per heavy atom. The fraction of sp³-hybridized carbons (Fsp3) is 0.308. The first-order valence-corrected chi connectivity index (χ1v) is 7.18. The number of nitrogens with one attached hydrogen (secondary N) is 2. The van der Waals surface area contributed by atoms with Gasteiger partial charge in [-0.15, -0.1) is 10.2 Å². The Kier molecular flexibility index (Phi) is 3.70. The van der Waals surface area contributed by atoms with Gasteiger partial charge in [-0.2, -0.15) is 0 Å². The highest BCUT2D eigenvalue weighted by Gasteiger charge is 2.22. The Labute approximate surface area is 119 Å². The molecule has 5 nitrogen and oxygen atoms in total. The van der Waals surface area contributed by atoms with Crippen LogP contribution in [-0.4, -0.2) is 22.6 Å².